The van der Waals surface area contributed by atoms with Gasteiger partial charge in [0.1, 0.15) is 5.82 Å². The Balaban J connectivity index is 1.71. The molecule has 0 unspecified atom stereocenters. The van der Waals surface area contributed by atoms with Gasteiger partial charge in [0.2, 0.25) is 5.95 Å². The molecule has 2 aliphatic rings. The first kappa shape index (κ1) is 13.7. The van der Waals surface area contributed by atoms with Crippen molar-refractivity contribution >= 4 is 11.8 Å². The Kier molecular flexibility index (Phi) is 4.38. The molecule has 110 valence electrons. The van der Waals surface area contributed by atoms with Crippen LogP contribution >= 0.6 is 0 Å². The molecule has 1 aromatic rings. The van der Waals surface area contributed by atoms with Crippen molar-refractivity contribution in [1.82, 2.24) is 9.97 Å². The lowest BCUT2D eigenvalue weighted by Gasteiger charge is -2.29. The number of piperidine rings is 1. The van der Waals surface area contributed by atoms with E-state index in [1.165, 1.54) is 51.4 Å². The SMILES string of the molecule is Cc1cc(N2CCCCC2)nc(NC2CCCCC2)n1. The van der Waals surface area contributed by atoms with Gasteiger partial charge >= 0.3 is 0 Å². The highest BCUT2D eigenvalue weighted by Crippen LogP contribution is 2.23. The minimum absolute atomic E-state index is 0.569. The second-order valence-electron chi connectivity index (χ2n) is 6.22. The van der Waals surface area contributed by atoms with Gasteiger partial charge in [-0.05, 0) is 39.0 Å². The Morgan fingerprint density at radius 1 is 1.00 bits per heavy atom. The van der Waals surface area contributed by atoms with Gasteiger partial charge in [0.25, 0.3) is 0 Å². The molecule has 1 aliphatic heterocycles. The van der Waals surface area contributed by atoms with Crippen LogP contribution in [0.1, 0.15) is 57.1 Å². The van der Waals surface area contributed by atoms with Crippen LogP contribution in [0.5, 0.6) is 0 Å². The van der Waals surface area contributed by atoms with Gasteiger partial charge < -0.3 is 10.2 Å². The van der Waals surface area contributed by atoms with Crippen LogP contribution in [-0.2, 0) is 0 Å². The zero-order valence-corrected chi connectivity index (χ0v) is 12.6. The van der Waals surface area contributed by atoms with Crippen molar-refractivity contribution < 1.29 is 0 Å². The molecule has 0 bridgehead atoms. The van der Waals surface area contributed by atoms with Gasteiger partial charge in [-0.3, -0.25) is 0 Å². The summed E-state index contributed by atoms with van der Waals surface area (Å²) in [6.45, 7) is 4.35. The Morgan fingerprint density at radius 3 is 2.45 bits per heavy atom. The van der Waals surface area contributed by atoms with Crippen LogP contribution in [0, 0.1) is 6.92 Å². The fraction of sp³-hybridized carbons (Fsp3) is 0.750. The molecule has 0 radical (unpaired) electrons. The molecule has 4 heteroatoms. The maximum absolute atomic E-state index is 4.76. The zero-order valence-electron chi connectivity index (χ0n) is 12.6. The average molecular weight is 274 g/mol. The molecule has 2 fully saturated rings. The first-order valence-electron chi connectivity index (χ1n) is 8.18. The van der Waals surface area contributed by atoms with Crippen LogP contribution in [0.25, 0.3) is 0 Å². The van der Waals surface area contributed by atoms with Crippen LogP contribution in [-0.4, -0.2) is 29.1 Å². The summed E-state index contributed by atoms with van der Waals surface area (Å²) in [6, 6.07) is 2.69. The maximum Gasteiger partial charge on any atom is 0.225 e. The molecule has 1 aliphatic carbocycles. The number of anilines is 2. The summed E-state index contributed by atoms with van der Waals surface area (Å²) in [5.41, 5.74) is 1.07. The van der Waals surface area contributed by atoms with Gasteiger partial charge in [0.05, 0.1) is 0 Å². The molecule has 2 heterocycles. The quantitative estimate of drug-likeness (QED) is 0.915. The molecule has 0 spiro atoms. The molecule has 4 nitrogen and oxygen atoms in total. The average Bonchev–Trinajstić information content (AvgIpc) is 2.49. The highest BCUT2D eigenvalue weighted by Gasteiger charge is 2.17. The van der Waals surface area contributed by atoms with E-state index in [4.69, 9.17) is 4.98 Å². The summed E-state index contributed by atoms with van der Waals surface area (Å²) >= 11 is 0. The topological polar surface area (TPSA) is 41.1 Å². The van der Waals surface area contributed by atoms with E-state index in [1.807, 2.05) is 0 Å². The summed E-state index contributed by atoms with van der Waals surface area (Å²) in [7, 11) is 0. The number of aryl methyl sites for hydroxylation is 1. The lowest BCUT2D eigenvalue weighted by Crippen LogP contribution is -2.31. The molecule has 0 atom stereocenters. The van der Waals surface area contributed by atoms with Gasteiger partial charge in [0.15, 0.2) is 0 Å². The summed E-state index contributed by atoms with van der Waals surface area (Å²) in [5, 5.41) is 3.55. The van der Waals surface area contributed by atoms with Crippen LogP contribution < -0.4 is 10.2 Å². The number of hydrogen-bond acceptors (Lipinski definition) is 4. The minimum atomic E-state index is 0.569. The van der Waals surface area contributed by atoms with E-state index >= 15 is 0 Å². The van der Waals surface area contributed by atoms with E-state index in [-0.39, 0.29) is 0 Å². The van der Waals surface area contributed by atoms with Crippen LogP contribution in [0.15, 0.2) is 6.07 Å². The van der Waals surface area contributed by atoms with Gasteiger partial charge in [-0.25, -0.2) is 4.98 Å². The minimum Gasteiger partial charge on any atom is -0.356 e. The largest absolute Gasteiger partial charge is 0.356 e. The van der Waals surface area contributed by atoms with E-state index in [0.29, 0.717) is 6.04 Å². The lowest BCUT2D eigenvalue weighted by atomic mass is 9.96. The fourth-order valence-electron chi connectivity index (χ4n) is 3.33. The second-order valence-corrected chi connectivity index (χ2v) is 6.22. The highest BCUT2D eigenvalue weighted by atomic mass is 15.2. The Bertz CT molecular complexity index is 434. The number of rotatable bonds is 3. The Hall–Kier alpha value is -1.32. The van der Waals surface area contributed by atoms with Crippen LogP contribution in [0.4, 0.5) is 11.8 Å². The first-order valence-corrected chi connectivity index (χ1v) is 8.18. The standard InChI is InChI=1S/C16H26N4/c1-13-12-15(20-10-6-3-7-11-20)19-16(17-13)18-14-8-4-2-5-9-14/h12,14H,2-11H2,1H3,(H,17,18,19). The molecule has 1 saturated carbocycles. The molecule has 1 N–H and O–H groups in total. The van der Waals surface area contributed by atoms with Crippen molar-refractivity contribution in [1.29, 1.82) is 0 Å². The second kappa shape index (κ2) is 6.42. The molecule has 1 saturated heterocycles. The fourth-order valence-corrected chi connectivity index (χ4v) is 3.33. The number of nitrogens with zero attached hydrogens (tertiary/aromatic N) is 3. The molecule has 20 heavy (non-hydrogen) atoms. The predicted octanol–water partition coefficient (Wildman–Crippen LogP) is 3.52. The highest BCUT2D eigenvalue weighted by molar-refractivity contribution is 5.45. The van der Waals surface area contributed by atoms with Crippen molar-refractivity contribution in [3.8, 4) is 0 Å². The molecular formula is C16H26N4. The molecule has 0 aromatic carbocycles. The first-order chi connectivity index (χ1) is 9.81. The lowest BCUT2D eigenvalue weighted by molar-refractivity contribution is 0.460. The maximum atomic E-state index is 4.76. The van der Waals surface area contributed by atoms with Crippen molar-refractivity contribution in [2.45, 2.75) is 64.3 Å². The number of hydrogen-bond donors (Lipinski definition) is 1. The van der Waals surface area contributed by atoms with Gasteiger partial charge in [0, 0.05) is 30.9 Å². The van der Waals surface area contributed by atoms with Gasteiger partial charge in [-0.15, -0.1) is 0 Å². The van der Waals surface area contributed by atoms with E-state index in [2.05, 4.69) is 28.2 Å². The van der Waals surface area contributed by atoms with Crippen molar-refractivity contribution in [3.63, 3.8) is 0 Å². The monoisotopic (exact) mass is 274 g/mol. The number of aromatic nitrogens is 2. The molecular weight excluding hydrogens is 248 g/mol. The smallest absolute Gasteiger partial charge is 0.225 e. The Labute approximate surface area is 122 Å². The van der Waals surface area contributed by atoms with Crippen molar-refractivity contribution in [2.75, 3.05) is 23.3 Å². The third-order valence-electron chi connectivity index (χ3n) is 4.46. The third kappa shape index (κ3) is 3.41. The van der Waals surface area contributed by atoms with Crippen molar-refractivity contribution in [2.24, 2.45) is 0 Å². The van der Waals surface area contributed by atoms with Gasteiger partial charge in [-0.2, -0.15) is 4.98 Å². The van der Waals surface area contributed by atoms with E-state index in [1.54, 1.807) is 0 Å². The number of nitrogens with one attached hydrogen (secondary N) is 1. The summed E-state index contributed by atoms with van der Waals surface area (Å²) in [6.07, 6.45) is 10.5. The molecule has 3 rings (SSSR count). The van der Waals surface area contributed by atoms with Crippen LogP contribution in [0.3, 0.4) is 0 Å². The van der Waals surface area contributed by atoms with Crippen molar-refractivity contribution in [3.05, 3.63) is 11.8 Å². The van der Waals surface area contributed by atoms with E-state index < -0.39 is 0 Å². The normalized spacial score (nSPS) is 20.9. The van der Waals surface area contributed by atoms with E-state index in [0.717, 1.165) is 30.5 Å². The summed E-state index contributed by atoms with van der Waals surface area (Å²) in [4.78, 5) is 11.7. The van der Waals surface area contributed by atoms with Crippen LogP contribution in [0.2, 0.25) is 0 Å². The Morgan fingerprint density at radius 2 is 1.70 bits per heavy atom. The van der Waals surface area contributed by atoms with E-state index in [9.17, 15) is 0 Å². The molecule has 0 amide bonds. The summed E-state index contributed by atoms with van der Waals surface area (Å²) in [5.74, 6) is 1.94. The summed E-state index contributed by atoms with van der Waals surface area (Å²) < 4.78 is 0. The third-order valence-corrected chi connectivity index (χ3v) is 4.46. The predicted molar refractivity (Wildman–Crippen MR) is 83.3 cm³/mol. The van der Waals surface area contributed by atoms with Gasteiger partial charge in [-0.1, -0.05) is 19.3 Å². The zero-order chi connectivity index (χ0) is 13.8. The molecule has 1 aromatic heterocycles.